The molecular weight excluding hydrogens is 256 g/mol. The number of carbonyl (C=O) groups is 2. The van der Waals surface area contributed by atoms with Gasteiger partial charge in [0.25, 0.3) is 5.91 Å². The van der Waals surface area contributed by atoms with Gasteiger partial charge in [0.2, 0.25) is 5.91 Å². The van der Waals surface area contributed by atoms with Crippen molar-refractivity contribution in [2.24, 2.45) is 5.92 Å². The number of rotatable bonds is 4. The van der Waals surface area contributed by atoms with Gasteiger partial charge < -0.3 is 5.11 Å². The molecule has 0 atom stereocenters. The third kappa shape index (κ3) is 4.20. The Bertz CT molecular complexity index is 345. The molecule has 0 aromatic heterocycles. The lowest BCUT2D eigenvalue weighted by molar-refractivity contribution is -0.142. The average molecular weight is 282 g/mol. The van der Waals surface area contributed by atoms with Gasteiger partial charge in [0.05, 0.1) is 0 Å². The van der Waals surface area contributed by atoms with Crippen molar-refractivity contribution in [2.45, 2.75) is 76.2 Å². The lowest BCUT2D eigenvalue weighted by Gasteiger charge is -2.22. The van der Waals surface area contributed by atoms with Crippen molar-refractivity contribution in [1.29, 1.82) is 0 Å². The maximum Gasteiger partial charge on any atom is 0.270 e. The van der Waals surface area contributed by atoms with Crippen LogP contribution in [0.15, 0.2) is 0 Å². The van der Waals surface area contributed by atoms with Gasteiger partial charge in [-0.25, -0.2) is 0 Å². The minimum atomic E-state index is -1.28. The van der Waals surface area contributed by atoms with Crippen LogP contribution in [0.5, 0.6) is 0 Å². The van der Waals surface area contributed by atoms with E-state index in [2.05, 4.69) is 10.9 Å². The second-order valence-electron chi connectivity index (χ2n) is 6.28. The molecule has 2 saturated carbocycles. The van der Waals surface area contributed by atoms with Crippen molar-refractivity contribution < 1.29 is 14.7 Å². The van der Waals surface area contributed by atoms with Crippen LogP contribution in [0, 0.1) is 5.92 Å². The number of nitrogens with one attached hydrogen (secondary N) is 2. The van der Waals surface area contributed by atoms with E-state index in [-0.39, 0.29) is 5.91 Å². The number of carbonyl (C=O) groups excluding carboxylic acids is 2. The molecular formula is C15H26N2O3. The molecule has 0 heterocycles. The van der Waals surface area contributed by atoms with Gasteiger partial charge in [0, 0.05) is 6.42 Å². The number of hydrazine groups is 1. The van der Waals surface area contributed by atoms with Crippen molar-refractivity contribution in [3.63, 3.8) is 0 Å². The molecule has 0 aromatic carbocycles. The minimum absolute atomic E-state index is 0.162. The molecule has 20 heavy (non-hydrogen) atoms. The summed E-state index contributed by atoms with van der Waals surface area (Å²) in [4.78, 5) is 23.5. The summed E-state index contributed by atoms with van der Waals surface area (Å²) in [6, 6.07) is 0. The molecule has 114 valence electrons. The summed E-state index contributed by atoms with van der Waals surface area (Å²) in [5.41, 5.74) is 3.51. The van der Waals surface area contributed by atoms with Crippen LogP contribution >= 0.6 is 0 Å². The Labute approximate surface area is 120 Å². The van der Waals surface area contributed by atoms with Gasteiger partial charge in [-0.05, 0) is 38.0 Å². The Morgan fingerprint density at radius 3 is 2.30 bits per heavy atom. The van der Waals surface area contributed by atoms with Crippen LogP contribution < -0.4 is 10.9 Å². The zero-order valence-corrected chi connectivity index (χ0v) is 12.1. The summed E-state index contributed by atoms with van der Waals surface area (Å²) in [5, 5.41) is 10.0. The van der Waals surface area contributed by atoms with Gasteiger partial charge in [0.1, 0.15) is 5.60 Å². The Morgan fingerprint density at radius 2 is 1.65 bits per heavy atom. The molecule has 3 N–H and O–H groups in total. The molecule has 0 aromatic rings. The predicted molar refractivity (Wildman–Crippen MR) is 75.5 cm³/mol. The molecule has 2 aliphatic carbocycles. The zero-order valence-electron chi connectivity index (χ0n) is 12.1. The first kappa shape index (κ1) is 15.3. The van der Waals surface area contributed by atoms with E-state index in [4.69, 9.17) is 0 Å². The van der Waals surface area contributed by atoms with E-state index in [9.17, 15) is 14.7 Å². The molecule has 0 saturated heterocycles. The van der Waals surface area contributed by atoms with Gasteiger partial charge in [-0.15, -0.1) is 0 Å². The zero-order chi connectivity index (χ0) is 14.4. The fraction of sp³-hybridized carbons (Fsp3) is 0.867. The number of hydrogen-bond acceptors (Lipinski definition) is 3. The van der Waals surface area contributed by atoms with Crippen LogP contribution in [0.4, 0.5) is 0 Å². The molecule has 2 aliphatic rings. The third-order valence-corrected chi connectivity index (χ3v) is 4.67. The van der Waals surface area contributed by atoms with E-state index < -0.39 is 11.5 Å². The summed E-state index contributed by atoms with van der Waals surface area (Å²) in [6.45, 7) is 0. The minimum Gasteiger partial charge on any atom is -0.380 e. The van der Waals surface area contributed by atoms with Crippen LogP contribution in [-0.4, -0.2) is 22.5 Å². The second kappa shape index (κ2) is 7.07. The van der Waals surface area contributed by atoms with Crippen molar-refractivity contribution in [3.05, 3.63) is 0 Å². The van der Waals surface area contributed by atoms with Crippen molar-refractivity contribution in [2.75, 3.05) is 0 Å². The Morgan fingerprint density at radius 1 is 1.00 bits per heavy atom. The van der Waals surface area contributed by atoms with E-state index in [1.54, 1.807) is 0 Å². The van der Waals surface area contributed by atoms with E-state index in [1.807, 2.05) is 0 Å². The van der Waals surface area contributed by atoms with Crippen LogP contribution in [0.1, 0.15) is 70.6 Å². The molecule has 2 fully saturated rings. The average Bonchev–Trinajstić information content (AvgIpc) is 2.92. The Hall–Kier alpha value is -1.10. The molecule has 0 unspecified atom stereocenters. The lowest BCUT2D eigenvalue weighted by Crippen LogP contribution is -2.52. The highest BCUT2D eigenvalue weighted by Gasteiger charge is 2.38. The first-order chi connectivity index (χ1) is 9.60. The topological polar surface area (TPSA) is 78.4 Å². The molecule has 0 radical (unpaired) electrons. The van der Waals surface area contributed by atoms with E-state index >= 15 is 0 Å². The van der Waals surface area contributed by atoms with Gasteiger partial charge in [0.15, 0.2) is 0 Å². The van der Waals surface area contributed by atoms with E-state index in [0.29, 0.717) is 25.2 Å². The van der Waals surface area contributed by atoms with Gasteiger partial charge in [-0.1, -0.05) is 32.1 Å². The van der Waals surface area contributed by atoms with Crippen molar-refractivity contribution >= 4 is 11.8 Å². The number of amides is 2. The fourth-order valence-corrected chi connectivity index (χ4v) is 3.30. The normalized spacial score (nSPS) is 22.4. The molecule has 0 bridgehead atoms. The maximum atomic E-state index is 11.8. The SMILES string of the molecule is O=C(CCC1CCCCC1)NNC(=O)C1(O)CCCC1. The first-order valence-corrected chi connectivity index (χ1v) is 7.92. The number of hydrogen-bond donors (Lipinski definition) is 3. The Kier molecular flexibility index (Phi) is 5.40. The summed E-state index contributed by atoms with van der Waals surface area (Å²) in [5.74, 6) is 0.0238. The van der Waals surface area contributed by atoms with Gasteiger partial charge in [-0.2, -0.15) is 0 Å². The number of aliphatic hydroxyl groups is 1. The highest BCUT2D eigenvalue weighted by atomic mass is 16.3. The molecule has 0 spiro atoms. The van der Waals surface area contributed by atoms with Crippen LogP contribution in [-0.2, 0) is 9.59 Å². The third-order valence-electron chi connectivity index (χ3n) is 4.67. The maximum absolute atomic E-state index is 11.8. The molecule has 5 nitrogen and oxygen atoms in total. The van der Waals surface area contributed by atoms with Crippen LogP contribution in [0.2, 0.25) is 0 Å². The molecule has 2 amide bonds. The molecule has 0 aliphatic heterocycles. The molecule has 2 rings (SSSR count). The summed E-state index contributed by atoms with van der Waals surface area (Å²) in [7, 11) is 0. The smallest absolute Gasteiger partial charge is 0.270 e. The van der Waals surface area contributed by atoms with Crippen molar-refractivity contribution in [3.8, 4) is 0 Å². The van der Waals surface area contributed by atoms with Crippen molar-refractivity contribution in [1.82, 2.24) is 10.9 Å². The second-order valence-corrected chi connectivity index (χ2v) is 6.28. The quantitative estimate of drug-likeness (QED) is 0.688. The van der Waals surface area contributed by atoms with E-state index in [1.165, 1.54) is 32.1 Å². The molecule has 5 heteroatoms. The monoisotopic (exact) mass is 282 g/mol. The van der Waals surface area contributed by atoms with E-state index in [0.717, 1.165) is 19.3 Å². The highest BCUT2D eigenvalue weighted by molar-refractivity contribution is 5.87. The van der Waals surface area contributed by atoms with Gasteiger partial charge in [-0.3, -0.25) is 20.4 Å². The summed E-state index contributed by atoms with van der Waals surface area (Å²) in [6.07, 6.45) is 10.3. The van der Waals surface area contributed by atoms with Gasteiger partial charge >= 0.3 is 0 Å². The van der Waals surface area contributed by atoms with Crippen LogP contribution in [0.3, 0.4) is 0 Å². The van der Waals surface area contributed by atoms with Crippen LogP contribution in [0.25, 0.3) is 0 Å². The standard InChI is InChI=1S/C15H26N2O3/c18-13(9-8-12-6-2-1-3-7-12)16-17-14(19)15(20)10-4-5-11-15/h12,20H,1-11H2,(H,16,18)(H,17,19). The summed E-state index contributed by atoms with van der Waals surface area (Å²) >= 11 is 0. The summed E-state index contributed by atoms with van der Waals surface area (Å²) < 4.78 is 0. The largest absolute Gasteiger partial charge is 0.380 e. The fourth-order valence-electron chi connectivity index (χ4n) is 3.30. The lowest BCUT2D eigenvalue weighted by atomic mass is 9.86. The first-order valence-electron chi connectivity index (χ1n) is 7.92. The highest BCUT2D eigenvalue weighted by Crippen LogP contribution is 2.29. The Balaban J connectivity index is 1.63. The predicted octanol–water partition coefficient (Wildman–Crippen LogP) is 1.80.